The van der Waals surface area contributed by atoms with Crippen LogP contribution < -0.4 is 10.6 Å². The Bertz CT molecular complexity index is 1360. The summed E-state index contributed by atoms with van der Waals surface area (Å²) in [4.78, 5) is 25.1. The van der Waals surface area contributed by atoms with Gasteiger partial charge in [-0.15, -0.1) is 0 Å². The van der Waals surface area contributed by atoms with Gasteiger partial charge in [0.25, 0.3) is 11.8 Å². The predicted octanol–water partition coefficient (Wildman–Crippen LogP) is 7.01. The smallest absolute Gasteiger partial charge is 0.355 e. The van der Waals surface area contributed by atoms with Crippen molar-refractivity contribution >= 4 is 17.5 Å². The maximum absolute atomic E-state index is 15.1. The molecule has 2 amide bonds. The van der Waals surface area contributed by atoms with Crippen molar-refractivity contribution in [3.63, 3.8) is 0 Å². The van der Waals surface area contributed by atoms with Gasteiger partial charge < -0.3 is 10.6 Å². The van der Waals surface area contributed by atoms with E-state index in [1.54, 1.807) is 0 Å². The molecule has 0 unspecified atom stereocenters. The second-order valence-electron chi connectivity index (χ2n) is 8.38. The fourth-order valence-electron chi connectivity index (χ4n) is 3.99. The van der Waals surface area contributed by atoms with Crippen LogP contribution in [-0.2, 0) is 5.67 Å². The van der Waals surface area contributed by atoms with Crippen molar-refractivity contribution in [1.29, 1.82) is 0 Å². The summed E-state index contributed by atoms with van der Waals surface area (Å²) in [6.45, 7) is 2.22. The van der Waals surface area contributed by atoms with Crippen LogP contribution in [0.4, 0.5) is 40.8 Å². The van der Waals surface area contributed by atoms with Crippen LogP contribution in [0.1, 0.15) is 37.4 Å². The van der Waals surface area contributed by atoms with E-state index in [1.165, 1.54) is 49.5 Å². The molecule has 0 aliphatic carbocycles. The molecule has 202 valence electrons. The van der Waals surface area contributed by atoms with Crippen LogP contribution in [0.2, 0.25) is 0 Å². The Labute approximate surface area is 211 Å². The first kappa shape index (κ1) is 28.6. The Morgan fingerprint density at radius 2 is 1.21 bits per heavy atom. The van der Waals surface area contributed by atoms with E-state index in [4.69, 9.17) is 0 Å². The first-order valence-electron chi connectivity index (χ1n) is 10.9. The van der Waals surface area contributed by atoms with Crippen molar-refractivity contribution in [3.8, 4) is 11.1 Å². The number of aryl methyl sites for hydroxylation is 2. The minimum absolute atomic E-state index is 0.0668. The monoisotopic (exact) mass is 544 g/mol. The lowest BCUT2D eigenvalue weighted by molar-refractivity contribution is -0.348. The van der Waals surface area contributed by atoms with Crippen molar-refractivity contribution in [1.82, 2.24) is 5.32 Å². The number of alkyl halides is 7. The lowest BCUT2D eigenvalue weighted by atomic mass is 9.90. The number of carbonyl (C=O) groups excluding carboxylic acids is 2. The highest BCUT2D eigenvalue weighted by atomic mass is 19.4. The Balaban J connectivity index is 2.06. The number of rotatable bonds is 5. The highest BCUT2D eigenvalue weighted by Crippen LogP contribution is 2.53. The van der Waals surface area contributed by atoms with Crippen LogP contribution in [0.25, 0.3) is 11.1 Å². The van der Waals surface area contributed by atoms with Gasteiger partial charge in [0.05, 0.1) is 5.56 Å². The summed E-state index contributed by atoms with van der Waals surface area (Å²) >= 11 is 0. The molecule has 0 radical (unpaired) electrons. The van der Waals surface area contributed by atoms with Gasteiger partial charge in [-0.25, -0.2) is 8.78 Å². The molecule has 0 saturated carbocycles. The number of nitrogens with one attached hydrogen (secondary N) is 2. The van der Waals surface area contributed by atoms with Gasteiger partial charge in [-0.3, -0.25) is 9.59 Å². The van der Waals surface area contributed by atoms with E-state index in [0.717, 1.165) is 13.8 Å². The van der Waals surface area contributed by atoms with Gasteiger partial charge in [0.15, 0.2) is 0 Å². The van der Waals surface area contributed by atoms with Crippen molar-refractivity contribution in [2.75, 3.05) is 12.4 Å². The quantitative estimate of drug-likeness (QED) is 0.340. The zero-order valence-corrected chi connectivity index (χ0v) is 20.0. The number of hydrogen-bond acceptors (Lipinski definition) is 2. The highest BCUT2D eigenvalue weighted by Gasteiger charge is 2.73. The van der Waals surface area contributed by atoms with Crippen LogP contribution in [0.3, 0.4) is 0 Å². The van der Waals surface area contributed by atoms with Gasteiger partial charge >= 0.3 is 18.0 Å². The molecule has 0 atom stereocenters. The zero-order chi connectivity index (χ0) is 28.6. The maximum Gasteiger partial charge on any atom is 0.435 e. The number of anilines is 1. The third-order valence-corrected chi connectivity index (χ3v) is 5.88. The normalized spacial score (nSPS) is 12.3. The molecule has 3 rings (SSSR count). The summed E-state index contributed by atoms with van der Waals surface area (Å²) in [6.07, 6.45) is -12.6. The number of hydrogen-bond donors (Lipinski definition) is 2. The largest absolute Gasteiger partial charge is 0.435 e. The molecule has 0 aliphatic heterocycles. The Morgan fingerprint density at radius 1 is 0.711 bits per heavy atom. The molecule has 3 aromatic rings. The number of halogens is 8. The van der Waals surface area contributed by atoms with E-state index in [9.17, 15) is 40.3 Å². The van der Waals surface area contributed by atoms with Crippen LogP contribution in [0, 0.1) is 19.7 Å². The zero-order valence-electron chi connectivity index (χ0n) is 20.0. The van der Waals surface area contributed by atoms with E-state index in [-0.39, 0.29) is 39.1 Å². The third kappa shape index (κ3) is 4.94. The van der Waals surface area contributed by atoms with Gasteiger partial charge in [0.2, 0.25) is 0 Å². The first-order chi connectivity index (χ1) is 17.5. The summed E-state index contributed by atoms with van der Waals surface area (Å²) in [5.41, 5.74) is -8.42. The standard InChI is InChI=1S/C26H20F8N2O2/c1-13-11-15(24(28,25(29,30)31)26(32,33)34)12-14(2)21(13)36-23(38)18-8-5-4-7-16(18)17-9-6-10-19(20(17)27)22(37)35-3/h4-12H,1-3H3,(H,35,37)(H,36,38). The van der Waals surface area contributed by atoms with Gasteiger partial charge in [-0.2, -0.15) is 26.3 Å². The van der Waals surface area contributed by atoms with Gasteiger partial charge in [0.1, 0.15) is 5.82 Å². The van der Waals surface area contributed by atoms with Crippen LogP contribution in [-0.4, -0.2) is 31.2 Å². The van der Waals surface area contributed by atoms with Crippen molar-refractivity contribution in [2.24, 2.45) is 0 Å². The molecule has 4 nitrogen and oxygen atoms in total. The van der Waals surface area contributed by atoms with E-state index in [0.29, 0.717) is 12.1 Å². The SMILES string of the molecule is CNC(=O)c1cccc(-c2ccccc2C(=O)Nc2c(C)cc(C(F)(C(F)(F)F)C(F)(F)F)cc2C)c1F. The molecule has 2 N–H and O–H groups in total. The molecular formula is C26H20F8N2O2. The molecule has 0 aliphatic rings. The second kappa shape index (κ2) is 10.1. The van der Waals surface area contributed by atoms with Gasteiger partial charge in [0, 0.05) is 29.4 Å². The van der Waals surface area contributed by atoms with Crippen molar-refractivity contribution in [2.45, 2.75) is 31.9 Å². The number of benzene rings is 3. The minimum Gasteiger partial charge on any atom is -0.355 e. The first-order valence-corrected chi connectivity index (χ1v) is 10.9. The summed E-state index contributed by atoms with van der Waals surface area (Å²) in [5, 5.41) is 4.69. The van der Waals surface area contributed by atoms with E-state index >= 15 is 4.39 Å². The summed E-state index contributed by atoms with van der Waals surface area (Å²) < 4.78 is 109. The molecule has 38 heavy (non-hydrogen) atoms. The number of carbonyl (C=O) groups is 2. The van der Waals surface area contributed by atoms with Gasteiger partial charge in [-0.1, -0.05) is 42.5 Å². The minimum atomic E-state index is -6.29. The lowest BCUT2D eigenvalue weighted by Crippen LogP contribution is -2.50. The summed E-state index contributed by atoms with van der Waals surface area (Å²) in [6, 6.07) is 10.3. The van der Waals surface area contributed by atoms with Gasteiger partial charge in [-0.05, 0) is 42.7 Å². The fourth-order valence-corrected chi connectivity index (χ4v) is 3.99. The predicted molar refractivity (Wildman–Crippen MR) is 124 cm³/mol. The molecule has 0 heterocycles. The molecule has 0 bridgehead atoms. The van der Waals surface area contributed by atoms with Crippen molar-refractivity contribution in [3.05, 3.63) is 88.2 Å². The van der Waals surface area contributed by atoms with E-state index in [2.05, 4.69) is 10.6 Å². The Kier molecular flexibility index (Phi) is 7.58. The molecule has 0 spiro atoms. The molecule has 0 fully saturated rings. The average molecular weight is 544 g/mol. The lowest BCUT2D eigenvalue weighted by Gasteiger charge is -2.31. The molecule has 0 saturated heterocycles. The Morgan fingerprint density at radius 3 is 1.74 bits per heavy atom. The summed E-state index contributed by atoms with van der Waals surface area (Å²) in [5.74, 6) is -2.50. The van der Waals surface area contributed by atoms with E-state index < -0.39 is 41.2 Å². The van der Waals surface area contributed by atoms with Crippen LogP contribution in [0.15, 0.2) is 54.6 Å². The molecule has 12 heteroatoms. The maximum atomic E-state index is 15.1. The average Bonchev–Trinajstić information content (AvgIpc) is 2.83. The second-order valence-corrected chi connectivity index (χ2v) is 8.38. The number of amides is 2. The molecule has 3 aromatic carbocycles. The van der Waals surface area contributed by atoms with Crippen LogP contribution >= 0.6 is 0 Å². The van der Waals surface area contributed by atoms with Crippen molar-refractivity contribution < 1.29 is 44.7 Å². The summed E-state index contributed by atoms with van der Waals surface area (Å²) in [7, 11) is 1.31. The third-order valence-electron chi connectivity index (χ3n) is 5.88. The Hall–Kier alpha value is -3.96. The van der Waals surface area contributed by atoms with Crippen LogP contribution in [0.5, 0.6) is 0 Å². The topological polar surface area (TPSA) is 58.2 Å². The highest BCUT2D eigenvalue weighted by molar-refractivity contribution is 6.09. The molecule has 0 aromatic heterocycles. The fraction of sp³-hybridized carbons (Fsp3) is 0.231. The van der Waals surface area contributed by atoms with E-state index in [1.807, 2.05) is 0 Å². The molecular weight excluding hydrogens is 524 g/mol.